The highest BCUT2D eigenvalue weighted by Crippen LogP contribution is 2.24. The second kappa shape index (κ2) is 8.19. The smallest absolute Gasteiger partial charge is 0.337 e. The summed E-state index contributed by atoms with van der Waals surface area (Å²) in [5.41, 5.74) is 2.09. The van der Waals surface area contributed by atoms with Gasteiger partial charge in [-0.05, 0) is 42.2 Å². The van der Waals surface area contributed by atoms with E-state index in [1.807, 2.05) is 30.5 Å². The fourth-order valence-electron chi connectivity index (χ4n) is 1.94. The lowest BCUT2D eigenvalue weighted by molar-refractivity contribution is -0.111. The fraction of sp³-hybridized carbons (Fsp3) is 0.111. The number of esters is 1. The number of methoxy groups -OCH3 is 1. The highest BCUT2D eigenvalue weighted by molar-refractivity contribution is 7.98. The lowest BCUT2D eigenvalue weighted by atomic mass is 10.1. The molecule has 23 heavy (non-hydrogen) atoms. The first-order chi connectivity index (χ1) is 11.1. The molecule has 4 nitrogen and oxygen atoms in total. The van der Waals surface area contributed by atoms with Crippen LogP contribution in [-0.2, 0) is 9.53 Å². The summed E-state index contributed by atoms with van der Waals surface area (Å²) in [6, 6.07) is 14.5. The number of nitrogens with one attached hydrogen (secondary N) is 1. The molecular formula is C18H17NO3S. The number of carbonyl (C=O) groups is 2. The molecule has 5 heteroatoms. The van der Waals surface area contributed by atoms with Crippen LogP contribution in [0.15, 0.2) is 59.5 Å². The van der Waals surface area contributed by atoms with Gasteiger partial charge in [0.25, 0.3) is 0 Å². The van der Waals surface area contributed by atoms with Gasteiger partial charge in [0.2, 0.25) is 5.91 Å². The normalized spacial score (nSPS) is 10.5. The van der Waals surface area contributed by atoms with Crippen LogP contribution in [0.3, 0.4) is 0 Å². The van der Waals surface area contributed by atoms with Gasteiger partial charge in [-0.15, -0.1) is 11.8 Å². The molecule has 0 aliphatic carbocycles. The second-order valence-corrected chi connectivity index (χ2v) is 5.48. The average Bonchev–Trinajstić information content (AvgIpc) is 2.60. The minimum atomic E-state index is -0.382. The Bertz CT molecular complexity index is 723. The first-order valence-corrected chi connectivity index (χ1v) is 8.17. The number of anilines is 1. The number of hydrogen-bond acceptors (Lipinski definition) is 4. The maximum Gasteiger partial charge on any atom is 0.337 e. The molecule has 0 spiro atoms. The van der Waals surface area contributed by atoms with Crippen molar-refractivity contribution in [3.05, 3.63) is 65.7 Å². The summed E-state index contributed by atoms with van der Waals surface area (Å²) in [5.74, 6) is -0.588. The predicted octanol–water partition coefficient (Wildman–Crippen LogP) is 3.85. The molecule has 0 unspecified atom stereocenters. The number of carbonyl (C=O) groups excluding carboxylic acids is 2. The van der Waals surface area contributed by atoms with E-state index >= 15 is 0 Å². The van der Waals surface area contributed by atoms with E-state index in [-0.39, 0.29) is 11.9 Å². The molecular weight excluding hydrogens is 310 g/mol. The van der Waals surface area contributed by atoms with E-state index in [0.717, 1.165) is 16.1 Å². The summed E-state index contributed by atoms with van der Waals surface area (Å²) in [7, 11) is 1.34. The monoisotopic (exact) mass is 327 g/mol. The van der Waals surface area contributed by atoms with E-state index < -0.39 is 0 Å². The zero-order valence-corrected chi connectivity index (χ0v) is 13.7. The lowest BCUT2D eigenvalue weighted by Gasteiger charge is -2.06. The van der Waals surface area contributed by atoms with Gasteiger partial charge in [-0.2, -0.15) is 0 Å². The number of para-hydroxylation sites is 1. The van der Waals surface area contributed by atoms with Gasteiger partial charge in [-0.1, -0.05) is 24.3 Å². The minimum absolute atomic E-state index is 0.205. The number of benzene rings is 2. The third-order valence-electron chi connectivity index (χ3n) is 3.12. The van der Waals surface area contributed by atoms with Gasteiger partial charge in [-0.3, -0.25) is 4.79 Å². The lowest BCUT2D eigenvalue weighted by Crippen LogP contribution is -2.08. The van der Waals surface area contributed by atoms with E-state index in [0.29, 0.717) is 5.56 Å². The maximum atomic E-state index is 12.0. The Labute approximate surface area is 139 Å². The molecule has 0 saturated carbocycles. The molecule has 0 aromatic heterocycles. The largest absolute Gasteiger partial charge is 0.465 e. The Morgan fingerprint density at radius 2 is 1.78 bits per heavy atom. The molecule has 2 aromatic rings. The molecule has 0 saturated heterocycles. The van der Waals surface area contributed by atoms with Gasteiger partial charge in [0, 0.05) is 11.0 Å². The van der Waals surface area contributed by atoms with Crippen molar-refractivity contribution in [2.24, 2.45) is 0 Å². The van der Waals surface area contributed by atoms with Crippen LogP contribution < -0.4 is 5.32 Å². The fourth-order valence-corrected chi connectivity index (χ4v) is 2.50. The number of rotatable bonds is 5. The first-order valence-electron chi connectivity index (χ1n) is 6.94. The zero-order valence-electron chi connectivity index (χ0n) is 12.9. The average molecular weight is 327 g/mol. The number of thioether (sulfide) groups is 1. The Morgan fingerprint density at radius 1 is 1.09 bits per heavy atom. The summed E-state index contributed by atoms with van der Waals surface area (Å²) in [6.07, 6.45) is 5.12. The first kappa shape index (κ1) is 16.8. The van der Waals surface area contributed by atoms with Gasteiger partial charge < -0.3 is 10.1 Å². The van der Waals surface area contributed by atoms with Crippen LogP contribution in [0.2, 0.25) is 0 Å². The number of amides is 1. The topological polar surface area (TPSA) is 55.4 Å². The standard InChI is InChI=1S/C18H17NO3S/c1-22-18(21)14-10-7-13(8-11-14)9-12-17(20)19-15-5-3-4-6-16(15)23-2/h3-12H,1-2H3,(H,19,20)/b12-9+. The Kier molecular flexibility index (Phi) is 6.00. The quantitative estimate of drug-likeness (QED) is 0.515. The van der Waals surface area contributed by atoms with Gasteiger partial charge in [-0.25, -0.2) is 4.79 Å². The molecule has 0 fully saturated rings. The highest BCUT2D eigenvalue weighted by Gasteiger charge is 2.04. The van der Waals surface area contributed by atoms with E-state index in [1.165, 1.54) is 13.2 Å². The second-order valence-electron chi connectivity index (χ2n) is 4.64. The molecule has 2 rings (SSSR count). The van der Waals surface area contributed by atoms with E-state index in [4.69, 9.17) is 0 Å². The minimum Gasteiger partial charge on any atom is -0.465 e. The van der Waals surface area contributed by atoms with Crippen LogP contribution >= 0.6 is 11.8 Å². The van der Waals surface area contributed by atoms with Crippen molar-refractivity contribution in [1.82, 2.24) is 0 Å². The predicted molar refractivity (Wildman–Crippen MR) is 93.7 cm³/mol. The van der Waals surface area contributed by atoms with E-state index in [1.54, 1.807) is 42.1 Å². The highest BCUT2D eigenvalue weighted by atomic mass is 32.2. The summed E-state index contributed by atoms with van der Waals surface area (Å²) in [5, 5.41) is 2.85. The molecule has 0 aliphatic heterocycles. The summed E-state index contributed by atoms with van der Waals surface area (Å²) in [4.78, 5) is 24.4. The van der Waals surface area contributed by atoms with Crippen molar-refractivity contribution < 1.29 is 14.3 Å². The summed E-state index contributed by atoms with van der Waals surface area (Å²) < 4.78 is 4.64. The molecule has 118 valence electrons. The van der Waals surface area contributed by atoms with Gasteiger partial charge in [0.15, 0.2) is 0 Å². The van der Waals surface area contributed by atoms with Crippen LogP contribution in [0, 0.1) is 0 Å². The summed E-state index contributed by atoms with van der Waals surface area (Å²) >= 11 is 1.58. The molecule has 1 amide bonds. The van der Waals surface area contributed by atoms with Crippen LogP contribution in [0.5, 0.6) is 0 Å². The number of ether oxygens (including phenoxy) is 1. The molecule has 2 aromatic carbocycles. The van der Waals surface area contributed by atoms with Crippen LogP contribution in [0.1, 0.15) is 15.9 Å². The van der Waals surface area contributed by atoms with E-state index in [9.17, 15) is 9.59 Å². The van der Waals surface area contributed by atoms with Crippen molar-refractivity contribution in [2.45, 2.75) is 4.90 Å². The zero-order chi connectivity index (χ0) is 16.7. The van der Waals surface area contributed by atoms with Crippen molar-refractivity contribution in [3.8, 4) is 0 Å². The molecule has 0 heterocycles. The Balaban J connectivity index is 2.02. The summed E-state index contributed by atoms with van der Waals surface area (Å²) in [6.45, 7) is 0. The third-order valence-corrected chi connectivity index (χ3v) is 3.92. The molecule has 0 bridgehead atoms. The van der Waals surface area contributed by atoms with Crippen molar-refractivity contribution in [3.63, 3.8) is 0 Å². The van der Waals surface area contributed by atoms with E-state index in [2.05, 4.69) is 10.1 Å². The van der Waals surface area contributed by atoms with Gasteiger partial charge in [0.1, 0.15) is 0 Å². The Morgan fingerprint density at radius 3 is 2.43 bits per heavy atom. The Hall–Kier alpha value is -2.53. The molecule has 0 radical (unpaired) electrons. The molecule has 0 aliphatic rings. The maximum absolute atomic E-state index is 12.0. The van der Waals surface area contributed by atoms with Gasteiger partial charge in [0.05, 0.1) is 18.4 Å². The van der Waals surface area contributed by atoms with Gasteiger partial charge >= 0.3 is 5.97 Å². The third kappa shape index (κ3) is 4.72. The van der Waals surface area contributed by atoms with Crippen LogP contribution in [-0.4, -0.2) is 25.2 Å². The van der Waals surface area contributed by atoms with Crippen molar-refractivity contribution in [2.75, 3.05) is 18.7 Å². The number of hydrogen-bond donors (Lipinski definition) is 1. The SMILES string of the molecule is COC(=O)c1ccc(/C=C/C(=O)Nc2ccccc2SC)cc1. The van der Waals surface area contributed by atoms with Crippen LogP contribution in [0.4, 0.5) is 5.69 Å². The van der Waals surface area contributed by atoms with Crippen molar-refractivity contribution in [1.29, 1.82) is 0 Å². The molecule has 1 N–H and O–H groups in total. The van der Waals surface area contributed by atoms with Crippen molar-refractivity contribution >= 4 is 35.4 Å². The van der Waals surface area contributed by atoms with Crippen LogP contribution in [0.25, 0.3) is 6.08 Å². The molecule has 0 atom stereocenters.